The topological polar surface area (TPSA) is 69.0 Å². The van der Waals surface area contributed by atoms with Crippen LogP contribution in [-0.2, 0) is 23.8 Å². The Balaban J connectivity index is 1.60. The van der Waals surface area contributed by atoms with E-state index >= 15 is 0 Å². The number of ether oxygens (including phenoxy) is 1. The molecule has 2 aromatic heterocycles. The average molecular weight is 443 g/mol. The van der Waals surface area contributed by atoms with E-state index in [2.05, 4.69) is 17.3 Å². The fraction of sp³-hybridized carbons (Fsp3) is 0.296. The molecule has 1 N–H and O–H groups in total. The fourth-order valence-corrected chi connectivity index (χ4v) is 4.54. The van der Waals surface area contributed by atoms with E-state index in [-0.39, 0.29) is 5.91 Å². The average Bonchev–Trinajstić information content (AvgIpc) is 3.15. The van der Waals surface area contributed by atoms with E-state index in [1.807, 2.05) is 81.6 Å². The molecule has 33 heavy (non-hydrogen) atoms. The molecule has 0 aliphatic carbocycles. The highest BCUT2D eigenvalue weighted by Gasteiger charge is 2.30. The lowest BCUT2D eigenvalue weighted by molar-refractivity contribution is -0.122. The minimum atomic E-state index is -0.627. The first-order chi connectivity index (χ1) is 15.8. The van der Waals surface area contributed by atoms with Gasteiger partial charge in [-0.1, -0.05) is 60.7 Å². The van der Waals surface area contributed by atoms with Crippen molar-refractivity contribution >= 4 is 16.9 Å². The van der Waals surface area contributed by atoms with Crippen LogP contribution in [0.3, 0.4) is 0 Å². The highest BCUT2D eigenvalue weighted by atomic mass is 16.5. The molecule has 1 amide bonds. The van der Waals surface area contributed by atoms with Gasteiger partial charge in [-0.2, -0.15) is 0 Å². The van der Waals surface area contributed by atoms with Gasteiger partial charge in [0, 0.05) is 19.2 Å². The highest BCUT2D eigenvalue weighted by molar-refractivity contribution is 5.86. The van der Waals surface area contributed by atoms with E-state index in [0.29, 0.717) is 18.7 Å². The molecule has 6 nitrogen and oxygen atoms in total. The smallest absolute Gasteiger partial charge is 0.242 e. The third kappa shape index (κ3) is 4.21. The zero-order valence-electron chi connectivity index (χ0n) is 19.8. The van der Waals surface area contributed by atoms with Crippen molar-refractivity contribution in [2.45, 2.75) is 39.2 Å². The molecule has 6 heteroatoms. The molecule has 2 heterocycles. The third-order valence-corrected chi connectivity index (χ3v) is 6.41. The summed E-state index contributed by atoms with van der Waals surface area (Å²) in [5.41, 5.74) is 5.27. The summed E-state index contributed by atoms with van der Waals surface area (Å²) < 4.78 is 7.19. The van der Waals surface area contributed by atoms with E-state index in [4.69, 9.17) is 9.72 Å². The van der Waals surface area contributed by atoms with Crippen molar-refractivity contribution in [3.05, 3.63) is 88.6 Å². The molecule has 0 aliphatic rings. The predicted octanol–water partition coefficient (Wildman–Crippen LogP) is 4.61. The third-order valence-electron chi connectivity index (χ3n) is 6.41. The number of carbonyl (C=O) groups is 1. The second kappa shape index (κ2) is 9.06. The van der Waals surface area contributed by atoms with E-state index < -0.39 is 5.54 Å². The lowest BCUT2D eigenvalue weighted by Crippen LogP contribution is -2.44. The van der Waals surface area contributed by atoms with Gasteiger partial charge in [0.05, 0.1) is 18.0 Å². The lowest BCUT2D eigenvalue weighted by Gasteiger charge is -2.32. The van der Waals surface area contributed by atoms with Crippen LogP contribution in [0.5, 0.6) is 5.88 Å². The number of methoxy groups -OCH3 is 1. The fourth-order valence-electron chi connectivity index (χ4n) is 4.54. The Hall–Kier alpha value is -3.67. The van der Waals surface area contributed by atoms with Crippen LogP contribution in [0.15, 0.2) is 60.7 Å². The second-order valence-electron chi connectivity index (χ2n) is 8.54. The number of carbonyl (C=O) groups excluding carboxylic acids is 1. The first-order valence-corrected chi connectivity index (χ1v) is 11.1. The van der Waals surface area contributed by atoms with Crippen LogP contribution >= 0.6 is 0 Å². The molecule has 4 aromatic rings. The number of nitrogens with zero attached hydrogens (tertiary/aromatic N) is 3. The van der Waals surface area contributed by atoms with Gasteiger partial charge in [-0.25, -0.2) is 9.67 Å². The van der Waals surface area contributed by atoms with Crippen molar-refractivity contribution in [2.24, 2.45) is 7.05 Å². The number of hydrogen-bond acceptors (Lipinski definition) is 4. The van der Waals surface area contributed by atoms with Crippen molar-refractivity contribution in [3.8, 4) is 5.88 Å². The van der Waals surface area contributed by atoms with Crippen LogP contribution in [0.1, 0.15) is 41.3 Å². The van der Waals surface area contributed by atoms with Crippen LogP contribution < -0.4 is 10.1 Å². The summed E-state index contributed by atoms with van der Waals surface area (Å²) >= 11 is 0. The molecule has 0 unspecified atom stereocenters. The summed E-state index contributed by atoms with van der Waals surface area (Å²) in [4.78, 5) is 18.0. The van der Waals surface area contributed by atoms with Gasteiger partial charge in [-0.05, 0) is 49.4 Å². The predicted molar refractivity (Wildman–Crippen MR) is 130 cm³/mol. The number of pyridine rings is 1. The summed E-state index contributed by atoms with van der Waals surface area (Å²) in [5, 5.41) is 8.62. The Bertz CT molecular complexity index is 1240. The Kier molecular flexibility index (Phi) is 6.18. The van der Waals surface area contributed by atoms with Gasteiger partial charge in [0.15, 0.2) is 5.65 Å². The van der Waals surface area contributed by atoms with Crippen molar-refractivity contribution in [1.29, 1.82) is 0 Å². The molecule has 2 aromatic carbocycles. The Morgan fingerprint density at radius 2 is 1.61 bits per heavy atom. The van der Waals surface area contributed by atoms with Gasteiger partial charge in [-0.3, -0.25) is 4.79 Å². The molecule has 4 rings (SSSR count). The molecular weight excluding hydrogens is 412 g/mol. The summed E-state index contributed by atoms with van der Waals surface area (Å²) in [6, 6.07) is 20.2. The van der Waals surface area contributed by atoms with Crippen LogP contribution in [0.25, 0.3) is 11.0 Å². The zero-order valence-corrected chi connectivity index (χ0v) is 19.8. The molecule has 0 fully saturated rings. The maximum atomic E-state index is 13.2. The SMILES string of the molecule is COc1nn(C)c2nc(C)c(CCC(=O)NC(C)(c3ccccc3)c3ccccc3)c(C)c12. The number of fused-ring (bicyclic) bond motifs is 1. The van der Waals surface area contributed by atoms with Gasteiger partial charge >= 0.3 is 0 Å². The quantitative estimate of drug-likeness (QED) is 0.454. The zero-order chi connectivity index (χ0) is 23.6. The largest absolute Gasteiger partial charge is 0.479 e. The van der Waals surface area contributed by atoms with Gasteiger partial charge < -0.3 is 10.1 Å². The van der Waals surface area contributed by atoms with E-state index in [9.17, 15) is 4.79 Å². The van der Waals surface area contributed by atoms with Crippen molar-refractivity contribution in [2.75, 3.05) is 7.11 Å². The lowest BCUT2D eigenvalue weighted by atomic mass is 9.84. The molecule has 0 radical (unpaired) electrons. The summed E-state index contributed by atoms with van der Waals surface area (Å²) in [6.07, 6.45) is 0.941. The van der Waals surface area contributed by atoms with E-state index in [0.717, 1.165) is 39.0 Å². The first-order valence-electron chi connectivity index (χ1n) is 11.1. The van der Waals surface area contributed by atoms with Crippen molar-refractivity contribution in [3.63, 3.8) is 0 Å². The van der Waals surface area contributed by atoms with Gasteiger partial charge in [-0.15, -0.1) is 5.10 Å². The molecule has 0 aliphatic heterocycles. The Labute approximate surface area is 194 Å². The van der Waals surface area contributed by atoms with Gasteiger partial charge in [0.1, 0.15) is 0 Å². The molecular formula is C27H30N4O2. The Morgan fingerprint density at radius 1 is 1.03 bits per heavy atom. The standard InChI is InChI=1S/C27H30N4O2/c1-18-22(19(2)28-25-24(18)26(33-5)30-31(25)4)16-17-23(32)29-27(3,20-12-8-6-9-13-20)21-14-10-7-11-15-21/h6-15H,16-17H2,1-5H3,(H,29,32). The normalized spacial score (nSPS) is 11.5. The second-order valence-corrected chi connectivity index (χ2v) is 8.54. The molecule has 0 bridgehead atoms. The van der Waals surface area contributed by atoms with Crippen LogP contribution in [-0.4, -0.2) is 27.8 Å². The minimum Gasteiger partial charge on any atom is -0.479 e. The van der Waals surface area contributed by atoms with E-state index in [1.54, 1.807) is 11.8 Å². The monoisotopic (exact) mass is 442 g/mol. The number of hydrogen-bond donors (Lipinski definition) is 1. The summed E-state index contributed by atoms with van der Waals surface area (Å²) in [6.45, 7) is 6.09. The summed E-state index contributed by atoms with van der Waals surface area (Å²) in [7, 11) is 3.47. The maximum Gasteiger partial charge on any atom is 0.242 e. The van der Waals surface area contributed by atoms with Crippen molar-refractivity contribution in [1.82, 2.24) is 20.1 Å². The molecule has 170 valence electrons. The molecule has 0 spiro atoms. The number of amides is 1. The van der Waals surface area contributed by atoms with Crippen molar-refractivity contribution < 1.29 is 9.53 Å². The molecule has 0 saturated carbocycles. The van der Waals surface area contributed by atoms with E-state index in [1.165, 1.54) is 0 Å². The summed E-state index contributed by atoms with van der Waals surface area (Å²) in [5.74, 6) is 0.547. The van der Waals surface area contributed by atoms with Crippen LogP contribution in [0.4, 0.5) is 0 Å². The maximum absolute atomic E-state index is 13.2. The first kappa shape index (κ1) is 22.5. The Morgan fingerprint density at radius 3 is 2.15 bits per heavy atom. The number of benzene rings is 2. The van der Waals surface area contributed by atoms with Gasteiger partial charge in [0.2, 0.25) is 11.8 Å². The van der Waals surface area contributed by atoms with Gasteiger partial charge in [0.25, 0.3) is 0 Å². The minimum absolute atomic E-state index is 0.0118. The number of rotatable bonds is 7. The molecule has 0 saturated heterocycles. The molecule has 0 atom stereocenters. The number of aryl methyl sites for hydroxylation is 3. The highest BCUT2D eigenvalue weighted by Crippen LogP contribution is 2.31. The van der Waals surface area contributed by atoms with Crippen LogP contribution in [0.2, 0.25) is 0 Å². The van der Waals surface area contributed by atoms with Crippen LogP contribution in [0, 0.1) is 13.8 Å². The number of aromatic nitrogens is 3. The number of nitrogens with one attached hydrogen (secondary N) is 1.